The summed E-state index contributed by atoms with van der Waals surface area (Å²) in [4.78, 5) is 2.93. The lowest BCUT2D eigenvalue weighted by Gasteiger charge is -2.40. The van der Waals surface area contributed by atoms with Crippen molar-refractivity contribution in [3.63, 3.8) is 0 Å². The molecule has 2 aliphatic carbocycles. The van der Waals surface area contributed by atoms with Crippen molar-refractivity contribution < 1.29 is 0 Å². The number of piperidine rings is 1. The molecule has 0 aromatic rings. The van der Waals surface area contributed by atoms with Crippen LogP contribution in [0.15, 0.2) is 0 Å². The normalized spacial score (nSPS) is 45.3. The molecule has 3 saturated heterocycles. The van der Waals surface area contributed by atoms with E-state index in [1.807, 2.05) is 0 Å². The van der Waals surface area contributed by atoms with Gasteiger partial charge in [-0.05, 0) is 81.7 Å². The van der Waals surface area contributed by atoms with Crippen molar-refractivity contribution >= 4 is 0 Å². The fourth-order valence-corrected chi connectivity index (χ4v) is 5.50. The van der Waals surface area contributed by atoms with Gasteiger partial charge in [0.15, 0.2) is 0 Å². The zero-order chi connectivity index (χ0) is 11.9. The highest BCUT2D eigenvalue weighted by molar-refractivity contribution is 4.96. The van der Waals surface area contributed by atoms with E-state index < -0.39 is 0 Å². The minimum Gasteiger partial charge on any atom is -0.317 e. The van der Waals surface area contributed by atoms with Crippen molar-refractivity contribution in [3.8, 4) is 0 Å². The second kappa shape index (κ2) is 4.79. The highest BCUT2D eigenvalue weighted by atomic mass is 15.2. The molecule has 0 amide bonds. The Labute approximate surface area is 111 Å². The summed E-state index contributed by atoms with van der Waals surface area (Å²) in [5.74, 6) is 4.25. The van der Waals surface area contributed by atoms with Crippen LogP contribution in [-0.4, -0.2) is 37.1 Å². The SMILES string of the molecule is C1CC(CN2CC3CC4CC(C3)CC2C4)CCN1. The Morgan fingerprint density at radius 2 is 1.50 bits per heavy atom. The summed E-state index contributed by atoms with van der Waals surface area (Å²) in [6, 6.07) is 0.969. The number of nitrogens with zero attached hydrogens (tertiary/aromatic N) is 1. The Morgan fingerprint density at radius 3 is 2.22 bits per heavy atom. The summed E-state index contributed by atoms with van der Waals surface area (Å²) < 4.78 is 0. The smallest absolute Gasteiger partial charge is 0.0101 e. The average Bonchev–Trinajstić information content (AvgIpc) is 2.55. The first-order valence-electron chi connectivity index (χ1n) is 8.31. The Hall–Kier alpha value is -0.0800. The second-order valence-electron chi connectivity index (χ2n) is 7.58. The molecular formula is C16H28N2. The molecule has 0 aromatic heterocycles. The highest BCUT2D eigenvalue weighted by Gasteiger charge is 2.42. The first kappa shape index (κ1) is 11.7. The molecule has 1 N–H and O–H groups in total. The van der Waals surface area contributed by atoms with Crippen molar-refractivity contribution in [1.29, 1.82) is 0 Å². The molecule has 4 bridgehead atoms. The number of hydrogen-bond acceptors (Lipinski definition) is 2. The van der Waals surface area contributed by atoms with Crippen LogP contribution in [0.3, 0.4) is 0 Å². The van der Waals surface area contributed by atoms with Crippen LogP contribution in [0.2, 0.25) is 0 Å². The van der Waals surface area contributed by atoms with Gasteiger partial charge in [-0.2, -0.15) is 0 Å². The lowest BCUT2D eigenvalue weighted by Crippen LogP contribution is -2.43. The maximum absolute atomic E-state index is 3.51. The molecule has 0 radical (unpaired) electrons. The lowest BCUT2D eigenvalue weighted by atomic mass is 9.68. The molecule has 18 heavy (non-hydrogen) atoms. The van der Waals surface area contributed by atoms with E-state index in [0.29, 0.717) is 0 Å². The molecule has 0 spiro atoms. The molecule has 5 aliphatic rings. The van der Waals surface area contributed by atoms with Crippen molar-refractivity contribution in [1.82, 2.24) is 10.2 Å². The fourth-order valence-electron chi connectivity index (χ4n) is 5.50. The van der Waals surface area contributed by atoms with Gasteiger partial charge in [0.2, 0.25) is 0 Å². The summed E-state index contributed by atoms with van der Waals surface area (Å²) in [5, 5.41) is 3.51. The van der Waals surface area contributed by atoms with E-state index in [2.05, 4.69) is 10.2 Å². The Kier molecular flexibility index (Phi) is 3.12. The molecule has 3 heterocycles. The van der Waals surface area contributed by atoms with Crippen molar-refractivity contribution in [2.45, 2.75) is 51.0 Å². The van der Waals surface area contributed by atoms with E-state index in [1.165, 1.54) is 51.9 Å². The molecule has 2 unspecified atom stereocenters. The number of fused-ring (bicyclic) bond motifs is 1. The Bertz CT molecular complexity index is 283. The highest BCUT2D eigenvalue weighted by Crippen LogP contribution is 2.47. The van der Waals surface area contributed by atoms with Crippen LogP contribution >= 0.6 is 0 Å². The maximum Gasteiger partial charge on any atom is 0.0101 e. The molecule has 2 atom stereocenters. The van der Waals surface area contributed by atoms with Gasteiger partial charge in [-0.3, -0.25) is 4.90 Å². The van der Waals surface area contributed by atoms with Gasteiger partial charge in [0.05, 0.1) is 0 Å². The monoisotopic (exact) mass is 248 g/mol. The zero-order valence-corrected chi connectivity index (χ0v) is 11.6. The first-order valence-corrected chi connectivity index (χ1v) is 8.31. The van der Waals surface area contributed by atoms with Gasteiger partial charge in [-0.1, -0.05) is 0 Å². The Morgan fingerprint density at radius 1 is 0.833 bits per heavy atom. The minimum atomic E-state index is 0.969. The van der Waals surface area contributed by atoms with E-state index in [-0.39, 0.29) is 0 Å². The lowest BCUT2D eigenvalue weighted by molar-refractivity contribution is 0.110. The third-order valence-corrected chi connectivity index (χ3v) is 6.17. The summed E-state index contributed by atoms with van der Waals surface area (Å²) >= 11 is 0. The zero-order valence-electron chi connectivity index (χ0n) is 11.6. The third-order valence-electron chi connectivity index (χ3n) is 6.17. The standard InChI is InChI=1S/C16H28N2/c1-3-17-4-2-12(1)10-18-11-15-6-13-5-14(7-15)9-16(18)8-13/h12-17H,1-11H2. The van der Waals surface area contributed by atoms with Crippen LogP contribution in [0, 0.1) is 23.7 Å². The maximum atomic E-state index is 3.51. The molecule has 5 fully saturated rings. The van der Waals surface area contributed by atoms with Gasteiger partial charge < -0.3 is 5.32 Å². The third kappa shape index (κ3) is 2.22. The van der Waals surface area contributed by atoms with Gasteiger partial charge in [-0.15, -0.1) is 0 Å². The molecule has 3 aliphatic heterocycles. The molecule has 5 rings (SSSR count). The first-order chi connectivity index (χ1) is 8.87. The van der Waals surface area contributed by atoms with E-state index in [0.717, 1.165) is 29.7 Å². The summed E-state index contributed by atoms with van der Waals surface area (Å²) in [5.41, 5.74) is 0. The average molecular weight is 248 g/mol. The van der Waals surface area contributed by atoms with Crippen molar-refractivity contribution in [2.24, 2.45) is 23.7 Å². The van der Waals surface area contributed by atoms with Crippen LogP contribution in [0.4, 0.5) is 0 Å². The minimum absolute atomic E-state index is 0.969. The second-order valence-corrected chi connectivity index (χ2v) is 7.58. The molecule has 2 saturated carbocycles. The topological polar surface area (TPSA) is 15.3 Å². The number of hydrogen-bond donors (Lipinski definition) is 1. The largest absolute Gasteiger partial charge is 0.317 e. The van der Waals surface area contributed by atoms with Crippen LogP contribution in [0.25, 0.3) is 0 Å². The van der Waals surface area contributed by atoms with Gasteiger partial charge in [0.1, 0.15) is 0 Å². The van der Waals surface area contributed by atoms with Crippen LogP contribution in [0.5, 0.6) is 0 Å². The van der Waals surface area contributed by atoms with E-state index >= 15 is 0 Å². The predicted molar refractivity (Wildman–Crippen MR) is 74.5 cm³/mol. The van der Waals surface area contributed by atoms with Gasteiger partial charge in [0.25, 0.3) is 0 Å². The summed E-state index contributed by atoms with van der Waals surface area (Å²) in [6.07, 6.45) is 10.6. The van der Waals surface area contributed by atoms with Crippen LogP contribution in [-0.2, 0) is 0 Å². The number of rotatable bonds is 2. The van der Waals surface area contributed by atoms with E-state index in [9.17, 15) is 0 Å². The van der Waals surface area contributed by atoms with Crippen LogP contribution in [0.1, 0.15) is 44.9 Å². The summed E-state index contributed by atoms with van der Waals surface area (Å²) in [7, 11) is 0. The van der Waals surface area contributed by atoms with Crippen molar-refractivity contribution in [3.05, 3.63) is 0 Å². The molecule has 2 nitrogen and oxygen atoms in total. The van der Waals surface area contributed by atoms with Gasteiger partial charge >= 0.3 is 0 Å². The van der Waals surface area contributed by atoms with Gasteiger partial charge in [0, 0.05) is 19.1 Å². The quantitative estimate of drug-likeness (QED) is 0.808. The van der Waals surface area contributed by atoms with E-state index in [4.69, 9.17) is 0 Å². The molecule has 0 aromatic carbocycles. The molecule has 2 heteroatoms. The van der Waals surface area contributed by atoms with Gasteiger partial charge in [-0.25, -0.2) is 0 Å². The van der Waals surface area contributed by atoms with Crippen molar-refractivity contribution in [2.75, 3.05) is 26.2 Å². The number of nitrogens with one attached hydrogen (secondary N) is 1. The predicted octanol–water partition coefficient (Wildman–Crippen LogP) is 2.50. The molecule has 102 valence electrons. The van der Waals surface area contributed by atoms with E-state index in [1.54, 1.807) is 19.3 Å². The Balaban J connectivity index is 1.44. The fraction of sp³-hybridized carbons (Fsp3) is 1.00. The molecular weight excluding hydrogens is 220 g/mol. The van der Waals surface area contributed by atoms with Crippen LogP contribution < -0.4 is 5.32 Å². The summed E-state index contributed by atoms with van der Waals surface area (Å²) in [6.45, 7) is 5.39.